The lowest BCUT2D eigenvalue weighted by Crippen LogP contribution is -2.55. The molecular formula is C23H27F3N6O3. The number of piperazine rings is 1. The van der Waals surface area contributed by atoms with Gasteiger partial charge in [-0.3, -0.25) is 4.79 Å². The van der Waals surface area contributed by atoms with Gasteiger partial charge >= 0.3 is 6.09 Å². The Labute approximate surface area is 200 Å². The molecule has 4 rings (SSSR count). The molecule has 0 aliphatic carbocycles. The van der Waals surface area contributed by atoms with Crippen molar-refractivity contribution in [2.75, 3.05) is 29.9 Å². The number of anilines is 2. The monoisotopic (exact) mass is 492 g/mol. The van der Waals surface area contributed by atoms with Gasteiger partial charge in [-0.1, -0.05) is 0 Å². The van der Waals surface area contributed by atoms with Gasteiger partial charge in [0.25, 0.3) is 0 Å². The van der Waals surface area contributed by atoms with Crippen LogP contribution in [0, 0.1) is 5.82 Å². The lowest BCUT2D eigenvalue weighted by atomic mass is 9.90. The van der Waals surface area contributed by atoms with Gasteiger partial charge in [-0.15, -0.1) is 0 Å². The number of halogens is 3. The summed E-state index contributed by atoms with van der Waals surface area (Å²) in [6.45, 7) is 8.31. The van der Waals surface area contributed by atoms with Gasteiger partial charge in [-0.25, -0.2) is 32.9 Å². The molecule has 0 bridgehead atoms. The number of nitrogens with one attached hydrogen (secondary N) is 1. The fourth-order valence-corrected chi connectivity index (χ4v) is 4.27. The number of amides is 2. The first-order chi connectivity index (χ1) is 16.4. The molecule has 2 aliphatic rings. The number of pyridine rings is 1. The van der Waals surface area contributed by atoms with Crippen LogP contribution in [0.3, 0.4) is 0 Å². The number of carbonyl (C=O) groups excluding carboxylic acids is 2. The highest BCUT2D eigenvalue weighted by atomic mass is 19.3. The second-order valence-corrected chi connectivity index (χ2v) is 9.68. The Bertz CT molecular complexity index is 1140. The van der Waals surface area contributed by atoms with Gasteiger partial charge in [0.15, 0.2) is 0 Å². The summed E-state index contributed by atoms with van der Waals surface area (Å²) in [6.07, 6.45) is -2.57. The van der Waals surface area contributed by atoms with Crippen molar-refractivity contribution in [1.82, 2.24) is 19.9 Å². The summed E-state index contributed by atoms with van der Waals surface area (Å²) in [6, 6.07) is 2.13. The normalized spacial score (nSPS) is 20.5. The van der Waals surface area contributed by atoms with Crippen molar-refractivity contribution in [3.8, 4) is 11.4 Å². The first-order valence-electron chi connectivity index (χ1n) is 11.3. The molecular weight excluding hydrogens is 465 g/mol. The smallest absolute Gasteiger partial charge is 0.410 e. The molecule has 1 saturated heterocycles. The zero-order valence-electron chi connectivity index (χ0n) is 19.9. The quantitative estimate of drug-likeness (QED) is 0.695. The molecule has 35 heavy (non-hydrogen) atoms. The fraction of sp³-hybridized carbons (Fsp3) is 0.522. The maximum atomic E-state index is 14.7. The molecule has 188 valence electrons. The molecule has 4 heterocycles. The van der Waals surface area contributed by atoms with E-state index >= 15 is 0 Å². The predicted molar refractivity (Wildman–Crippen MR) is 122 cm³/mol. The molecule has 2 amide bonds. The van der Waals surface area contributed by atoms with Crippen LogP contribution in [-0.4, -0.2) is 69.6 Å². The molecule has 0 spiro atoms. The molecule has 1 N–H and O–H groups in total. The van der Waals surface area contributed by atoms with Gasteiger partial charge in [0.2, 0.25) is 12.3 Å². The molecule has 0 aromatic carbocycles. The van der Waals surface area contributed by atoms with Gasteiger partial charge < -0.3 is 19.9 Å². The summed E-state index contributed by atoms with van der Waals surface area (Å²) in [5.41, 5.74) is -0.488. The predicted octanol–water partition coefficient (Wildman–Crippen LogP) is 3.81. The second kappa shape index (κ2) is 9.31. The Morgan fingerprint density at radius 2 is 1.97 bits per heavy atom. The Kier molecular flexibility index (Phi) is 6.56. The first kappa shape index (κ1) is 24.7. The van der Waals surface area contributed by atoms with Crippen LogP contribution < -0.4 is 10.2 Å². The molecule has 2 aliphatic heterocycles. The Morgan fingerprint density at radius 1 is 1.23 bits per heavy atom. The summed E-state index contributed by atoms with van der Waals surface area (Å²) in [7, 11) is 0. The minimum atomic E-state index is -2.83. The number of aromatic nitrogens is 3. The van der Waals surface area contributed by atoms with Crippen molar-refractivity contribution in [1.29, 1.82) is 0 Å². The van der Waals surface area contributed by atoms with Crippen LogP contribution in [0.1, 0.15) is 45.6 Å². The highest BCUT2D eigenvalue weighted by Gasteiger charge is 2.37. The van der Waals surface area contributed by atoms with Crippen LogP contribution in [-0.2, 0) is 9.53 Å². The number of carbonyl (C=O) groups is 2. The van der Waals surface area contributed by atoms with Crippen molar-refractivity contribution >= 4 is 23.6 Å². The van der Waals surface area contributed by atoms with E-state index in [9.17, 15) is 22.8 Å². The largest absolute Gasteiger partial charge is 0.444 e. The Hall–Kier alpha value is -3.44. The molecule has 2 aromatic heterocycles. The summed E-state index contributed by atoms with van der Waals surface area (Å²) >= 11 is 0. The summed E-state index contributed by atoms with van der Waals surface area (Å²) in [4.78, 5) is 40.4. The lowest BCUT2D eigenvalue weighted by Gasteiger charge is -2.40. The SMILES string of the molecule is C[C@H]1CN(c2cc(F)cc(-c3ncnc4c3C(C(F)F)CC(=O)N4)n2)CCN1C(=O)OC(C)(C)C. The maximum absolute atomic E-state index is 14.7. The van der Waals surface area contributed by atoms with E-state index in [4.69, 9.17) is 4.74 Å². The van der Waals surface area contributed by atoms with Crippen LogP contribution in [0.25, 0.3) is 11.4 Å². The minimum Gasteiger partial charge on any atom is -0.444 e. The standard InChI is InChI=1S/C23H27F3N6O3/c1-12-10-31(5-6-32(12)22(34)35-23(2,3)4)16-8-13(24)7-15(29-16)19-18-14(20(25)26)9-17(33)30-21(18)28-11-27-19/h7-8,11-12,14,20H,5-6,9-10H2,1-4H3,(H,27,28,30,33)/t12-,14?/m0/s1. The van der Waals surface area contributed by atoms with Crippen LogP contribution in [0.4, 0.5) is 29.6 Å². The fourth-order valence-electron chi connectivity index (χ4n) is 4.27. The van der Waals surface area contributed by atoms with Gasteiger partial charge in [-0.2, -0.15) is 0 Å². The van der Waals surface area contributed by atoms with E-state index in [0.717, 1.165) is 12.4 Å². The van der Waals surface area contributed by atoms with E-state index in [1.807, 2.05) is 11.8 Å². The molecule has 1 unspecified atom stereocenters. The van der Waals surface area contributed by atoms with Gasteiger partial charge in [0.1, 0.15) is 29.4 Å². The Balaban J connectivity index is 1.63. The number of nitrogens with zero attached hydrogens (tertiary/aromatic N) is 5. The highest BCUT2D eigenvalue weighted by molar-refractivity contribution is 5.95. The maximum Gasteiger partial charge on any atom is 0.410 e. The molecule has 0 radical (unpaired) electrons. The number of hydrogen-bond acceptors (Lipinski definition) is 7. The topological polar surface area (TPSA) is 101 Å². The zero-order chi connectivity index (χ0) is 25.5. The Morgan fingerprint density at radius 3 is 2.63 bits per heavy atom. The van der Waals surface area contributed by atoms with Gasteiger partial charge in [-0.05, 0) is 27.7 Å². The molecule has 0 saturated carbocycles. The van der Waals surface area contributed by atoms with E-state index in [-0.39, 0.29) is 34.6 Å². The van der Waals surface area contributed by atoms with E-state index < -0.39 is 42.2 Å². The third-order valence-electron chi connectivity index (χ3n) is 5.82. The van der Waals surface area contributed by atoms with Crippen molar-refractivity contribution < 1.29 is 27.5 Å². The minimum absolute atomic E-state index is 0.0243. The summed E-state index contributed by atoms with van der Waals surface area (Å²) in [5, 5.41) is 2.48. The average molecular weight is 493 g/mol. The molecule has 2 atom stereocenters. The molecule has 1 fully saturated rings. The second-order valence-electron chi connectivity index (χ2n) is 9.68. The lowest BCUT2D eigenvalue weighted by molar-refractivity contribution is -0.117. The third kappa shape index (κ3) is 5.30. The van der Waals surface area contributed by atoms with E-state index in [0.29, 0.717) is 19.6 Å². The zero-order valence-corrected chi connectivity index (χ0v) is 19.9. The molecule has 2 aromatic rings. The third-order valence-corrected chi connectivity index (χ3v) is 5.82. The van der Waals surface area contributed by atoms with Crippen LogP contribution in [0.5, 0.6) is 0 Å². The number of alkyl halides is 2. The first-order valence-corrected chi connectivity index (χ1v) is 11.3. The van der Waals surface area contributed by atoms with Gasteiger partial charge in [0, 0.05) is 49.8 Å². The van der Waals surface area contributed by atoms with Crippen molar-refractivity contribution in [2.24, 2.45) is 0 Å². The van der Waals surface area contributed by atoms with E-state index in [2.05, 4.69) is 20.3 Å². The molecule has 9 nitrogen and oxygen atoms in total. The van der Waals surface area contributed by atoms with Crippen LogP contribution in [0.15, 0.2) is 18.5 Å². The van der Waals surface area contributed by atoms with Crippen LogP contribution >= 0.6 is 0 Å². The number of ether oxygens (including phenoxy) is 1. The number of hydrogen-bond donors (Lipinski definition) is 1. The van der Waals surface area contributed by atoms with Crippen molar-refractivity contribution in [2.45, 2.75) is 58.1 Å². The van der Waals surface area contributed by atoms with Crippen LogP contribution in [0.2, 0.25) is 0 Å². The summed E-state index contributed by atoms with van der Waals surface area (Å²) < 4.78 is 47.7. The van der Waals surface area contributed by atoms with Gasteiger partial charge in [0.05, 0.1) is 17.3 Å². The van der Waals surface area contributed by atoms with Crippen molar-refractivity contribution in [3.05, 3.63) is 29.8 Å². The number of rotatable bonds is 3. The highest BCUT2D eigenvalue weighted by Crippen LogP contribution is 2.40. The average Bonchev–Trinajstić information content (AvgIpc) is 2.76. The van der Waals surface area contributed by atoms with E-state index in [1.165, 1.54) is 6.07 Å². The summed E-state index contributed by atoms with van der Waals surface area (Å²) in [5.74, 6) is -2.36. The van der Waals surface area contributed by atoms with Crippen molar-refractivity contribution in [3.63, 3.8) is 0 Å². The van der Waals surface area contributed by atoms with E-state index in [1.54, 1.807) is 25.7 Å². The molecule has 12 heteroatoms. The number of fused-ring (bicyclic) bond motifs is 1.